The lowest BCUT2D eigenvalue weighted by Gasteiger charge is -2.14. The van der Waals surface area contributed by atoms with Crippen LogP contribution in [0.3, 0.4) is 0 Å². The molecule has 0 saturated carbocycles. The summed E-state index contributed by atoms with van der Waals surface area (Å²) < 4.78 is 3.03. The summed E-state index contributed by atoms with van der Waals surface area (Å²) in [5.74, 6) is 0. The number of hydrogen-bond acceptors (Lipinski definition) is 1. The molecule has 0 saturated heterocycles. The molecule has 17 heavy (non-hydrogen) atoms. The van der Waals surface area contributed by atoms with Crippen molar-refractivity contribution in [2.45, 2.75) is 27.7 Å². The zero-order valence-electron chi connectivity index (χ0n) is 10.9. The molecule has 0 spiro atoms. The van der Waals surface area contributed by atoms with E-state index in [0.717, 1.165) is 10.3 Å². The van der Waals surface area contributed by atoms with Gasteiger partial charge in [-0.15, -0.1) is 0 Å². The lowest BCUT2D eigenvalue weighted by molar-refractivity contribution is 0.891. The summed E-state index contributed by atoms with van der Waals surface area (Å²) >= 11 is 3.60. The minimum absolute atomic E-state index is 1.04. The Hall–Kier alpha value is -1.09. The number of imidazole rings is 1. The monoisotopic (exact) mass is 292 g/mol. The maximum atomic E-state index is 4.51. The second kappa shape index (κ2) is 4.30. The SMILES string of the molecule is Cc1cc(C)c(C)c(-c2ncn(C)c2Br)c1C. The lowest BCUT2D eigenvalue weighted by Crippen LogP contribution is -1.96. The molecule has 1 heterocycles. The molecule has 2 nitrogen and oxygen atoms in total. The van der Waals surface area contributed by atoms with Gasteiger partial charge in [0.1, 0.15) is 10.3 Å². The zero-order valence-corrected chi connectivity index (χ0v) is 12.5. The van der Waals surface area contributed by atoms with Gasteiger partial charge in [-0.25, -0.2) is 4.98 Å². The van der Waals surface area contributed by atoms with E-state index in [2.05, 4.69) is 54.7 Å². The molecule has 0 bridgehead atoms. The average Bonchev–Trinajstić information content (AvgIpc) is 2.59. The molecular weight excluding hydrogens is 276 g/mol. The fourth-order valence-electron chi connectivity index (χ4n) is 2.16. The van der Waals surface area contributed by atoms with Crippen LogP contribution in [-0.2, 0) is 7.05 Å². The van der Waals surface area contributed by atoms with E-state index in [9.17, 15) is 0 Å². The number of halogens is 1. The molecule has 0 atom stereocenters. The molecule has 3 heteroatoms. The van der Waals surface area contributed by atoms with E-state index in [0.29, 0.717) is 0 Å². The summed E-state index contributed by atoms with van der Waals surface area (Å²) in [4.78, 5) is 4.51. The third-order valence-corrected chi connectivity index (χ3v) is 4.40. The molecule has 2 rings (SSSR count). The number of aryl methyl sites for hydroxylation is 3. The van der Waals surface area contributed by atoms with Gasteiger partial charge < -0.3 is 4.57 Å². The quantitative estimate of drug-likeness (QED) is 0.774. The van der Waals surface area contributed by atoms with Gasteiger partial charge in [0.2, 0.25) is 0 Å². The molecule has 0 aliphatic heterocycles. The van der Waals surface area contributed by atoms with Gasteiger partial charge in [0.15, 0.2) is 0 Å². The highest BCUT2D eigenvalue weighted by atomic mass is 79.9. The summed E-state index contributed by atoms with van der Waals surface area (Å²) in [6.45, 7) is 8.64. The predicted molar refractivity (Wildman–Crippen MR) is 75.3 cm³/mol. The molecule has 0 fully saturated rings. The molecular formula is C14H17BrN2. The Kier molecular flexibility index (Phi) is 3.13. The van der Waals surface area contributed by atoms with E-state index < -0.39 is 0 Å². The maximum absolute atomic E-state index is 4.51. The molecule has 2 aromatic rings. The van der Waals surface area contributed by atoms with Crippen molar-refractivity contribution < 1.29 is 0 Å². The molecule has 90 valence electrons. The minimum atomic E-state index is 1.04. The van der Waals surface area contributed by atoms with Crippen molar-refractivity contribution in [1.29, 1.82) is 0 Å². The number of nitrogens with zero attached hydrogens (tertiary/aromatic N) is 2. The standard InChI is InChI=1S/C14H17BrN2/c1-8-6-9(2)11(4)12(10(8)3)13-14(15)17(5)7-16-13/h6-7H,1-5H3. The van der Waals surface area contributed by atoms with Gasteiger partial charge in [0.05, 0.1) is 6.33 Å². The third-order valence-electron chi connectivity index (χ3n) is 3.47. The van der Waals surface area contributed by atoms with Crippen LogP contribution in [0.2, 0.25) is 0 Å². The van der Waals surface area contributed by atoms with Crippen molar-refractivity contribution in [2.24, 2.45) is 7.05 Å². The number of aromatic nitrogens is 2. The van der Waals surface area contributed by atoms with Gasteiger partial charge >= 0.3 is 0 Å². The Morgan fingerprint density at radius 1 is 1.06 bits per heavy atom. The second-order valence-corrected chi connectivity index (χ2v) is 5.38. The van der Waals surface area contributed by atoms with Crippen molar-refractivity contribution >= 4 is 15.9 Å². The highest BCUT2D eigenvalue weighted by Gasteiger charge is 2.16. The van der Waals surface area contributed by atoms with Crippen LogP contribution in [0.5, 0.6) is 0 Å². The molecule has 1 aromatic heterocycles. The van der Waals surface area contributed by atoms with Crippen molar-refractivity contribution in [2.75, 3.05) is 0 Å². The van der Waals surface area contributed by atoms with Crippen molar-refractivity contribution in [1.82, 2.24) is 9.55 Å². The van der Waals surface area contributed by atoms with Crippen LogP contribution >= 0.6 is 15.9 Å². The topological polar surface area (TPSA) is 17.8 Å². The van der Waals surface area contributed by atoms with Crippen molar-refractivity contribution in [3.8, 4) is 11.3 Å². The second-order valence-electron chi connectivity index (χ2n) is 4.63. The van der Waals surface area contributed by atoms with Gasteiger partial charge in [-0.1, -0.05) is 6.07 Å². The Labute approximate surface area is 111 Å². The van der Waals surface area contributed by atoms with Gasteiger partial charge in [0.25, 0.3) is 0 Å². The molecule has 0 unspecified atom stereocenters. The summed E-state index contributed by atoms with van der Waals surface area (Å²) in [5, 5.41) is 0. The van der Waals surface area contributed by atoms with Crippen molar-refractivity contribution in [3.05, 3.63) is 39.3 Å². The van der Waals surface area contributed by atoms with Crippen LogP contribution in [0.1, 0.15) is 22.3 Å². The van der Waals surface area contributed by atoms with Gasteiger partial charge in [0, 0.05) is 12.6 Å². The summed E-state index contributed by atoms with van der Waals surface area (Å²) in [7, 11) is 1.99. The van der Waals surface area contributed by atoms with Crippen LogP contribution in [0.25, 0.3) is 11.3 Å². The summed E-state index contributed by atoms with van der Waals surface area (Å²) in [6, 6.07) is 2.24. The van der Waals surface area contributed by atoms with E-state index in [-0.39, 0.29) is 0 Å². The van der Waals surface area contributed by atoms with Crippen LogP contribution in [0.4, 0.5) is 0 Å². The molecule has 0 aliphatic carbocycles. The average molecular weight is 293 g/mol. The van der Waals surface area contributed by atoms with Gasteiger partial charge in [-0.2, -0.15) is 0 Å². The maximum Gasteiger partial charge on any atom is 0.112 e. The van der Waals surface area contributed by atoms with E-state index in [1.54, 1.807) is 0 Å². The van der Waals surface area contributed by atoms with Crippen LogP contribution in [-0.4, -0.2) is 9.55 Å². The van der Waals surface area contributed by atoms with Gasteiger partial charge in [-0.05, 0) is 65.9 Å². The molecule has 0 radical (unpaired) electrons. The Morgan fingerprint density at radius 3 is 2.00 bits per heavy atom. The van der Waals surface area contributed by atoms with Crippen LogP contribution in [0.15, 0.2) is 17.0 Å². The first-order valence-corrected chi connectivity index (χ1v) is 6.47. The molecule has 1 aromatic carbocycles. The first-order chi connectivity index (χ1) is 7.93. The molecule has 0 N–H and O–H groups in total. The fraction of sp³-hybridized carbons (Fsp3) is 0.357. The van der Waals surface area contributed by atoms with Crippen molar-refractivity contribution in [3.63, 3.8) is 0 Å². The number of rotatable bonds is 1. The number of hydrogen-bond donors (Lipinski definition) is 0. The lowest BCUT2D eigenvalue weighted by atomic mass is 9.93. The third kappa shape index (κ3) is 1.93. The van der Waals surface area contributed by atoms with E-state index in [1.807, 2.05) is 17.9 Å². The first kappa shape index (κ1) is 12.4. The van der Waals surface area contributed by atoms with E-state index in [4.69, 9.17) is 0 Å². The fourth-order valence-corrected chi connectivity index (χ4v) is 2.55. The normalized spacial score (nSPS) is 10.9. The van der Waals surface area contributed by atoms with E-state index >= 15 is 0 Å². The summed E-state index contributed by atoms with van der Waals surface area (Å²) in [5.41, 5.74) is 7.56. The Balaban J connectivity index is 2.79. The highest BCUT2D eigenvalue weighted by molar-refractivity contribution is 9.10. The zero-order chi connectivity index (χ0) is 12.7. The highest BCUT2D eigenvalue weighted by Crippen LogP contribution is 2.34. The largest absolute Gasteiger partial charge is 0.328 e. The van der Waals surface area contributed by atoms with Crippen LogP contribution in [0, 0.1) is 27.7 Å². The first-order valence-electron chi connectivity index (χ1n) is 5.68. The molecule has 0 amide bonds. The van der Waals surface area contributed by atoms with Gasteiger partial charge in [-0.3, -0.25) is 0 Å². The predicted octanol–water partition coefficient (Wildman–Crippen LogP) is 4.08. The van der Waals surface area contributed by atoms with E-state index in [1.165, 1.54) is 27.8 Å². The summed E-state index contributed by atoms with van der Waals surface area (Å²) in [6.07, 6.45) is 1.84. The van der Waals surface area contributed by atoms with Crippen LogP contribution < -0.4 is 0 Å². The minimum Gasteiger partial charge on any atom is -0.328 e. The Morgan fingerprint density at radius 2 is 1.59 bits per heavy atom. The molecule has 0 aliphatic rings. The Bertz CT molecular complexity index is 556. The number of benzene rings is 1. The smallest absolute Gasteiger partial charge is 0.112 e.